The van der Waals surface area contributed by atoms with E-state index in [1.54, 1.807) is 7.05 Å². The lowest BCUT2D eigenvalue weighted by Gasteiger charge is -2.33. The highest BCUT2D eigenvalue weighted by atomic mass is 16.2. The quantitative estimate of drug-likeness (QED) is 0.737. The molecule has 4 amide bonds. The molecular formula is C19H24N4O4. The number of anilines is 1. The lowest BCUT2D eigenvalue weighted by atomic mass is 10.1. The first kappa shape index (κ1) is 18.9. The highest BCUT2D eigenvalue weighted by Gasteiger charge is 2.44. The third-order valence-corrected chi connectivity index (χ3v) is 4.85. The number of aryl methyl sites for hydroxylation is 2. The van der Waals surface area contributed by atoms with E-state index < -0.39 is 17.9 Å². The van der Waals surface area contributed by atoms with Crippen molar-refractivity contribution in [3.8, 4) is 0 Å². The van der Waals surface area contributed by atoms with Crippen LogP contribution in [-0.2, 0) is 19.2 Å². The van der Waals surface area contributed by atoms with Crippen molar-refractivity contribution in [2.45, 2.75) is 38.8 Å². The Balaban J connectivity index is 1.53. The van der Waals surface area contributed by atoms with Crippen molar-refractivity contribution in [2.75, 3.05) is 25.5 Å². The molecule has 2 aliphatic heterocycles. The minimum atomic E-state index is -0.523. The van der Waals surface area contributed by atoms with Crippen LogP contribution in [-0.4, -0.2) is 65.6 Å². The van der Waals surface area contributed by atoms with Crippen LogP contribution in [0.4, 0.5) is 5.69 Å². The zero-order chi connectivity index (χ0) is 19.7. The molecule has 0 unspecified atom stereocenters. The fraction of sp³-hybridized carbons (Fsp3) is 0.474. The number of rotatable bonds is 4. The van der Waals surface area contributed by atoms with Gasteiger partial charge in [-0.25, -0.2) is 0 Å². The van der Waals surface area contributed by atoms with E-state index in [2.05, 4.69) is 10.6 Å². The van der Waals surface area contributed by atoms with E-state index in [0.29, 0.717) is 18.7 Å². The number of hydrogen-bond acceptors (Lipinski definition) is 4. The number of hydrogen-bond donors (Lipinski definition) is 2. The Morgan fingerprint density at radius 1 is 1.11 bits per heavy atom. The zero-order valence-electron chi connectivity index (χ0n) is 15.7. The Morgan fingerprint density at radius 2 is 1.78 bits per heavy atom. The number of carbonyl (C=O) groups excluding carboxylic acids is 4. The largest absolute Gasteiger partial charge is 0.351 e. The van der Waals surface area contributed by atoms with E-state index in [1.807, 2.05) is 32.0 Å². The van der Waals surface area contributed by atoms with Crippen molar-refractivity contribution in [3.63, 3.8) is 0 Å². The van der Waals surface area contributed by atoms with Gasteiger partial charge in [0.2, 0.25) is 23.6 Å². The normalized spacial score (nSPS) is 21.9. The van der Waals surface area contributed by atoms with Gasteiger partial charge >= 0.3 is 0 Å². The van der Waals surface area contributed by atoms with Crippen molar-refractivity contribution in [1.82, 2.24) is 15.1 Å². The lowest BCUT2D eigenvalue weighted by molar-refractivity contribution is -0.152. The molecule has 0 saturated carbocycles. The summed E-state index contributed by atoms with van der Waals surface area (Å²) in [6.45, 7) is 4.23. The Labute approximate surface area is 157 Å². The maximum Gasteiger partial charge on any atom is 0.245 e. The molecule has 0 aromatic heterocycles. The molecule has 8 heteroatoms. The second kappa shape index (κ2) is 7.38. The number of nitrogens with zero attached hydrogens (tertiary/aromatic N) is 2. The van der Waals surface area contributed by atoms with Crippen LogP contribution in [0.3, 0.4) is 0 Å². The molecule has 1 aromatic carbocycles. The average Bonchev–Trinajstić information content (AvgIpc) is 2.95. The van der Waals surface area contributed by atoms with E-state index in [4.69, 9.17) is 0 Å². The molecule has 0 bridgehead atoms. The van der Waals surface area contributed by atoms with Crippen LogP contribution in [0.1, 0.15) is 24.0 Å². The Hall–Kier alpha value is -2.90. The summed E-state index contributed by atoms with van der Waals surface area (Å²) in [6.07, 6.45) is 0.0648. The number of piperazine rings is 1. The SMILES string of the molecule is Cc1cc(C)cc(NC(=O)CC(=O)N[C@@H]2C[C@H]3C(=O)N(C)CC(=O)N3C2)c1. The minimum Gasteiger partial charge on any atom is -0.351 e. The predicted octanol–water partition coefficient (Wildman–Crippen LogP) is 0.190. The zero-order valence-corrected chi connectivity index (χ0v) is 15.7. The van der Waals surface area contributed by atoms with Gasteiger partial charge in [-0.15, -0.1) is 0 Å². The van der Waals surface area contributed by atoms with Crippen molar-refractivity contribution >= 4 is 29.3 Å². The van der Waals surface area contributed by atoms with Gasteiger partial charge in [0.15, 0.2) is 0 Å². The first-order valence-electron chi connectivity index (χ1n) is 8.95. The summed E-state index contributed by atoms with van der Waals surface area (Å²) >= 11 is 0. The van der Waals surface area contributed by atoms with E-state index >= 15 is 0 Å². The molecule has 8 nitrogen and oxygen atoms in total. The Morgan fingerprint density at radius 3 is 2.44 bits per heavy atom. The number of amides is 4. The summed E-state index contributed by atoms with van der Waals surface area (Å²) in [5.41, 5.74) is 2.70. The van der Waals surface area contributed by atoms with Gasteiger partial charge in [0.25, 0.3) is 0 Å². The van der Waals surface area contributed by atoms with Gasteiger partial charge in [-0.05, 0) is 43.5 Å². The molecule has 0 aliphatic carbocycles. The summed E-state index contributed by atoms with van der Waals surface area (Å²) < 4.78 is 0. The molecular weight excluding hydrogens is 348 g/mol. The number of benzene rings is 1. The average molecular weight is 372 g/mol. The van der Waals surface area contributed by atoms with Crippen molar-refractivity contribution < 1.29 is 19.2 Å². The van der Waals surface area contributed by atoms with Gasteiger partial charge in [0.05, 0.1) is 6.54 Å². The molecule has 3 rings (SSSR count). The topological polar surface area (TPSA) is 98.8 Å². The van der Waals surface area contributed by atoms with Gasteiger partial charge in [-0.1, -0.05) is 6.07 Å². The standard InChI is InChI=1S/C19H24N4O4/c1-11-4-12(2)6-13(5-11)20-16(24)8-17(25)21-14-7-15-19(27)22(3)10-18(26)23(15)9-14/h4-6,14-15H,7-10H2,1-3H3,(H,20,24)(H,21,25)/t14-,15+/m1/s1. The highest BCUT2D eigenvalue weighted by molar-refractivity contribution is 6.03. The number of fused-ring (bicyclic) bond motifs is 1. The Kier molecular flexibility index (Phi) is 5.16. The summed E-state index contributed by atoms with van der Waals surface area (Å²) in [7, 11) is 1.60. The first-order chi connectivity index (χ1) is 12.7. The molecule has 2 saturated heterocycles. The summed E-state index contributed by atoms with van der Waals surface area (Å²) in [5, 5.41) is 5.49. The van der Waals surface area contributed by atoms with Crippen LogP contribution in [0.15, 0.2) is 18.2 Å². The second-order valence-electron chi connectivity index (χ2n) is 7.36. The maximum absolute atomic E-state index is 12.2. The number of nitrogens with one attached hydrogen (secondary N) is 2. The van der Waals surface area contributed by atoms with Crippen LogP contribution >= 0.6 is 0 Å². The molecule has 2 aliphatic rings. The fourth-order valence-corrected chi connectivity index (χ4v) is 3.75. The van der Waals surface area contributed by atoms with Crippen molar-refractivity contribution in [3.05, 3.63) is 29.3 Å². The van der Waals surface area contributed by atoms with Crippen LogP contribution < -0.4 is 10.6 Å². The fourth-order valence-electron chi connectivity index (χ4n) is 3.75. The molecule has 2 atom stereocenters. The summed E-state index contributed by atoms with van der Waals surface area (Å²) in [5.74, 6) is -1.06. The van der Waals surface area contributed by atoms with E-state index in [9.17, 15) is 19.2 Å². The van der Waals surface area contributed by atoms with Gasteiger partial charge in [0.1, 0.15) is 12.5 Å². The number of carbonyl (C=O) groups is 4. The van der Waals surface area contributed by atoms with E-state index in [1.165, 1.54) is 9.80 Å². The predicted molar refractivity (Wildman–Crippen MR) is 98.8 cm³/mol. The van der Waals surface area contributed by atoms with Crippen molar-refractivity contribution in [1.29, 1.82) is 0 Å². The van der Waals surface area contributed by atoms with Gasteiger partial charge < -0.3 is 20.4 Å². The van der Waals surface area contributed by atoms with Gasteiger partial charge in [0, 0.05) is 25.3 Å². The molecule has 1 aromatic rings. The highest BCUT2D eigenvalue weighted by Crippen LogP contribution is 2.23. The van der Waals surface area contributed by atoms with Crippen LogP contribution in [0.25, 0.3) is 0 Å². The monoisotopic (exact) mass is 372 g/mol. The van der Waals surface area contributed by atoms with Crippen LogP contribution in [0.5, 0.6) is 0 Å². The minimum absolute atomic E-state index is 0.0638. The van der Waals surface area contributed by atoms with Crippen LogP contribution in [0, 0.1) is 13.8 Å². The summed E-state index contributed by atoms with van der Waals surface area (Å²) in [6, 6.07) is 4.83. The molecule has 0 spiro atoms. The molecule has 2 N–H and O–H groups in total. The molecule has 144 valence electrons. The van der Waals surface area contributed by atoms with E-state index in [0.717, 1.165) is 11.1 Å². The third-order valence-electron chi connectivity index (χ3n) is 4.85. The second-order valence-corrected chi connectivity index (χ2v) is 7.36. The van der Waals surface area contributed by atoms with E-state index in [-0.39, 0.29) is 30.8 Å². The van der Waals surface area contributed by atoms with Gasteiger partial charge in [-0.3, -0.25) is 19.2 Å². The third kappa shape index (κ3) is 4.27. The molecule has 2 heterocycles. The maximum atomic E-state index is 12.2. The van der Waals surface area contributed by atoms with Gasteiger partial charge in [-0.2, -0.15) is 0 Å². The van der Waals surface area contributed by atoms with Crippen molar-refractivity contribution in [2.24, 2.45) is 0 Å². The first-order valence-corrected chi connectivity index (χ1v) is 8.95. The molecule has 27 heavy (non-hydrogen) atoms. The molecule has 2 fully saturated rings. The summed E-state index contributed by atoms with van der Waals surface area (Å²) in [4.78, 5) is 51.5. The molecule has 0 radical (unpaired) electrons. The number of likely N-dealkylation sites (N-methyl/N-ethyl adjacent to an activating group) is 1. The van der Waals surface area contributed by atoms with Crippen LogP contribution in [0.2, 0.25) is 0 Å². The smallest absolute Gasteiger partial charge is 0.245 e. The lowest BCUT2D eigenvalue weighted by Crippen LogP contribution is -2.55. The Bertz CT molecular complexity index is 787.